The number of hydrogen-bond donors (Lipinski definition) is 9. The van der Waals surface area contributed by atoms with Crippen LogP contribution in [0.25, 0.3) is 0 Å². The van der Waals surface area contributed by atoms with E-state index in [1.165, 1.54) is 0 Å². The first-order valence-electron chi connectivity index (χ1n) is 21.0. The summed E-state index contributed by atoms with van der Waals surface area (Å²) in [4.78, 5) is 14.6. The third kappa shape index (κ3) is 6.05. The Labute approximate surface area is 330 Å². The molecule has 0 aromatic heterocycles. The van der Waals surface area contributed by atoms with E-state index < -0.39 is 97.5 Å². The van der Waals surface area contributed by atoms with Gasteiger partial charge in [-0.1, -0.05) is 39.8 Å². The monoisotopic (exact) mass is 796 g/mol. The van der Waals surface area contributed by atoms with E-state index in [0.717, 1.165) is 50.5 Å². The van der Waals surface area contributed by atoms with E-state index in [0.29, 0.717) is 25.2 Å². The minimum absolute atomic E-state index is 0.0627. The molecule has 0 aromatic carbocycles. The van der Waals surface area contributed by atoms with Gasteiger partial charge in [0, 0.05) is 5.41 Å². The molecule has 0 spiro atoms. The van der Waals surface area contributed by atoms with Gasteiger partial charge < -0.3 is 64.9 Å². The first-order valence-corrected chi connectivity index (χ1v) is 21.0. The summed E-state index contributed by atoms with van der Waals surface area (Å²) in [5.41, 5.74) is -0.977. The van der Waals surface area contributed by atoms with Crippen molar-refractivity contribution in [3.8, 4) is 0 Å². The SMILES string of the molecule is C=C(C)[C@@H]1CC[C@]2(C(=O)O[C@@H]3O[C@H](CO)[C@@H](O)[C@H](O)[C@H]3O)CC[C@]3(C)[C@H](CC[C@@H]4[C@@]5(C)CC[C@H](O[C@@H]6O[C@H](CO)[C@@H](O)[C@H](O)[C@H]6O)[C@@](C)(CO)[C@@H]5CC[C@]43C)[C@@H]12. The van der Waals surface area contributed by atoms with Crippen molar-refractivity contribution < 1.29 is 69.7 Å². The van der Waals surface area contributed by atoms with E-state index in [1.807, 2.05) is 13.8 Å². The van der Waals surface area contributed by atoms with Crippen LogP contribution in [0.4, 0.5) is 0 Å². The first-order chi connectivity index (χ1) is 26.3. The molecule has 7 aliphatic rings. The second-order valence-corrected chi connectivity index (χ2v) is 20.0. The van der Waals surface area contributed by atoms with Gasteiger partial charge in [-0.25, -0.2) is 0 Å². The fourth-order valence-electron chi connectivity index (χ4n) is 14.5. The molecule has 0 bridgehead atoms. The minimum Gasteiger partial charge on any atom is -0.432 e. The average Bonchev–Trinajstić information content (AvgIpc) is 3.58. The molecule has 5 saturated carbocycles. The molecule has 2 saturated heterocycles. The van der Waals surface area contributed by atoms with Gasteiger partial charge in [0.05, 0.1) is 31.3 Å². The standard InChI is InChI=1S/C42H68O14/c1-20(2)21-9-14-42(37(52)56-36-34(51)32(49)30(47)24(18-44)54-36)16-15-40(5)22(28(21)42)7-8-26-38(3)12-11-27(39(4,19-45)25(38)10-13-41(26,40)6)55-35-33(50)31(48)29(46)23(17-43)53-35/h21-36,43-51H,1,7-19H2,2-6H3/t21-,22+,23+,24+,25+,26+,27-,28+,29+,30+,31-,32-,33+,34+,35-,36-,38-,39-,40+,41+,42-/m0/s1. The van der Waals surface area contributed by atoms with Crippen LogP contribution >= 0.6 is 0 Å². The fourth-order valence-corrected chi connectivity index (χ4v) is 14.5. The number of aliphatic hydroxyl groups excluding tert-OH is 9. The summed E-state index contributed by atoms with van der Waals surface area (Å²) < 4.78 is 23.8. The molecule has 0 aromatic rings. The third-order valence-electron chi connectivity index (χ3n) is 17.8. The van der Waals surface area contributed by atoms with E-state index in [-0.39, 0.29) is 46.5 Å². The lowest BCUT2D eigenvalue weighted by molar-refractivity contribution is -0.335. The maximum absolute atomic E-state index is 14.6. The lowest BCUT2D eigenvalue weighted by Gasteiger charge is -2.73. The van der Waals surface area contributed by atoms with Crippen molar-refractivity contribution in [2.24, 2.45) is 56.7 Å². The molecule has 14 nitrogen and oxygen atoms in total. The smallest absolute Gasteiger partial charge is 0.314 e. The van der Waals surface area contributed by atoms with E-state index in [1.54, 1.807) is 0 Å². The van der Waals surface area contributed by atoms with Crippen LogP contribution in [0.15, 0.2) is 12.2 Å². The predicted octanol–water partition coefficient (Wildman–Crippen LogP) is 1.14. The topological polar surface area (TPSA) is 236 Å². The second kappa shape index (κ2) is 15.0. The molecule has 14 heteroatoms. The van der Waals surface area contributed by atoms with Crippen molar-refractivity contribution in [3.05, 3.63) is 12.2 Å². The number of carbonyl (C=O) groups is 1. The minimum atomic E-state index is -1.67. The highest BCUT2D eigenvalue weighted by Gasteiger charge is 2.73. The van der Waals surface area contributed by atoms with Crippen LogP contribution in [0.2, 0.25) is 0 Å². The van der Waals surface area contributed by atoms with Crippen molar-refractivity contribution in [3.63, 3.8) is 0 Å². The number of esters is 1. The largest absolute Gasteiger partial charge is 0.432 e. The zero-order valence-corrected chi connectivity index (χ0v) is 33.7. The molecule has 0 amide bonds. The number of carbonyl (C=O) groups excluding carboxylic acids is 1. The summed E-state index contributed by atoms with van der Waals surface area (Å²) in [7, 11) is 0. The van der Waals surface area contributed by atoms with Crippen molar-refractivity contribution in [1.29, 1.82) is 0 Å². The highest BCUT2D eigenvalue weighted by atomic mass is 16.7. The van der Waals surface area contributed by atoms with Gasteiger partial charge in [-0.05, 0) is 117 Å². The van der Waals surface area contributed by atoms with Crippen LogP contribution in [0.1, 0.15) is 98.8 Å². The van der Waals surface area contributed by atoms with Crippen LogP contribution < -0.4 is 0 Å². The molecular weight excluding hydrogens is 728 g/mol. The quantitative estimate of drug-likeness (QED) is 0.0953. The average molecular weight is 797 g/mol. The Morgan fingerprint density at radius 2 is 1.29 bits per heavy atom. The summed E-state index contributed by atoms with van der Waals surface area (Å²) in [5, 5.41) is 93.9. The van der Waals surface area contributed by atoms with Crippen LogP contribution in [0.3, 0.4) is 0 Å². The molecule has 21 atom stereocenters. The van der Waals surface area contributed by atoms with Gasteiger partial charge in [0.15, 0.2) is 6.29 Å². The van der Waals surface area contributed by atoms with E-state index in [2.05, 4.69) is 27.4 Å². The zero-order chi connectivity index (χ0) is 40.9. The Kier molecular flexibility index (Phi) is 11.5. The summed E-state index contributed by atoms with van der Waals surface area (Å²) >= 11 is 0. The Morgan fingerprint density at radius 3 is 1.88 bits per heavy atom. The number of hydrogen-bond acceptors (Lipinski definition) is 14. The summed E-state index contributed by atoms with van der Waals surface area (Å²) in [6.07, 6.45) is -7.37. The lowest BCUT2D eigenvalue weighted by Crippen LogP contribution is -2.68. The lowest BCUT2D eigenvalue weighted by atomic mass is 9.32. The number of aliphatic hydroxyl groups is 9. The van der Waals surface area contributed by atoms with Gasteiger partial charge >= 0.3 is 5.97 Å². The maximum atomic E-state index is 14.6. The molecule has 7 rings (SSSR count). The number of rotatable bonds is 8. The van der Waals surface area contributed by atoms with Gasteiger partial charge in [-0.2, -0.15) is 0 Å². The van der Waals surface area contributed by atoms with Gasteiger partial charge in [0.2, 0.25) is 6.29 Å². The van der Waals surface area contributed by atoms with Crippen LogP contribution in [0, 0.1) is 56.7 Å². The number of ether oxygens (including phenoxy) is 4. The number of allylic oxidation sites excluding steroid dienone is 1. The van der Waals surface area contributed by atoms with E-state index in [4.69, 9.17) is 18.9 Å². The van der Waals surface area contributed by atoms with E-state index >= 15 is 0 Å². The molecule has 7 fully saturated rings. The third-order valence-corrected chi connectivity index (χ3v) is 17.8. The Balaban J connectivity index is 1.15. The molecule has 56 heavy (non-hydrogen) atoms. The van der Waals surface area contributed by atoms with Crippen LogP contribution in [0.5, 0.6) is 0 Å². The van der Waals surface area contributed by atoms with Gasteiger partial charge in [-0.3, -0.25) is 4.79 Å². The van der Waals surface area contributed by atoms with Crippen molar-refractivity contribution in [1.82, 2.24) is 0 Å². The molecule has 320 valence electrons. The van der Waals surface area contributed by atoms with Crippen LogP contribution in [-0.2, 0) is 23.7 Å². The first kappa shape index (κ1) is 42.8. The normalized spacial score (nSPS) is 55.6. The van der Waals surface area contributed by atoms with E-state index in [9.17, 15) is 50.8 Å². The fraction of sp³-hybridized carbons (Fsp3) is 0.929. The van der Waals surface area contributed by atoms with Crippen molar-refractivity contribution >= 4 is 5.97 Å². The van der Waals surface area contributed by atoms with Crippen LogP contribution in [-0.4, -0.2) is 139 Å². The maximum Gasteiger partial charge on any atom is 0.314 e. The Hall–Kier alpha value is -1.27. The summed E-state index contributed by atoms with van der Waals surface area (Å²) in [6, 6.07) is 0. The molecule has 0 unspecified atom stereocenters. The Morgan fingerprint density at radius 1 is 0.679 bits per heavy atom. The van der Waals surface area contributed by atoms with Crippen molar-refractivity contribution in [2.45, 2.75) is 166 Å². The molecule has 5 aliphatic carbocycles. The van der Waals surface area contributed by atoms with Crippen molar-refractivity contribution in [2.75, 3.05) is 19.8 Å². The molecule has 2 heterocycles. The van der Waals surface area contributed by atoms with Gasteiger partial charge in [0.1, 0.15) is 48.8 Å². The summed E-state index contributed by atoms with van der Waals surface area (Å²) in [6.45, 7) is 14.4. The van der Waals surface area contributed by atoms with Gasteiger partial charge in [-0.15, -0.1) is 0 Å². The van der Waals surface area contributed by atoms with Gasteiger partial charge in [0.25, 0.3) is 0 Å². The summed E-state index contributed by atoms with van der Waals surface area (Å²) in [5.74, 6) is 0.0721. The highest BCUT2D eigenvalue weighted by Crippen LogP contribution is 2.77. The second-order valence-electron chi connectivity index (χ2n) is 20.0. The highest BCUT2D eigenvalue weighted by molar-refractivity contribution is 5.78. The molecule has 2 aliphatic heterocycles. The Bertz CT molecular complexity index is 1480. The molecule has 9 N–H and O–H groups in total. The number of fused-ring (bicyclic) bond motifs is 7. The molecular formula is C42H68O14. The predicted molar refractivity (Wildman–Crippen MR) is 199 cm³/mol. The molecule has 0 radical (unpaired) electrons. The zero-order valence-electron chi connectivity index (χ0n) is 33.7.